The normalized spacial score (nSPS) is 12.6. The van der Waals surface area contributed by atoms with Gasteiger partial charge in [0.25, 0.3) is 0 Å². The molecule has 2 rings (SSSR count). The molecule has 0 saturated carbocycles. The number of hydrogen-bond donors (Lipinski definition) is 1. The van der Waals surface area contributed by atoms with E-state index in [0.29, 0.717) is 11.6 Å². The molecule has 0 radical (unpaired) electrons. The van der Waals surface area contributed by atoms with E-state index in [1.807, 2.05) is 31.2 Å². The smallest absolute Gasteiger partial charge is 0.169 e. The molecule has 4 nitrogen and oxygen atoms in total. The zero-order valence-electron chi connectivity index (χ0n) is 9.31. The summed E-state index contributed by atoms with van der Waals surface area (Å²) in [4.78, 5) is 0. The molecule has 1 atom stereocenters. The van der Waals surface area contributed by atoms with Gasteiger partial charge in [-0.25, -0.2) is 0 Å². The minimum Gasteiger partial charge on any atom is -0.381 e. The van der Waals surface area contributed by atoms with Crippen LogP contribution in [-0.2, 0) is 4.74 Å². The van der Waals surface area contributed by atoms with E-state index < -0.39 is 0 Å². The zero-order chi connectivity index (χ0) is 11.5. The Hall–Kier alpha value is -1.81. The average Bonchev–Trinajstić information content (AvgIpc) is 2.75. The molecular weight excluding hydrogens is 204 g/mol. The van der Waals surface area contributed by atoms with Crippen molar-refractivity contribution in [2.24, 2.45) is 0 Å². The summed E-state index contributed by atoms with van der Waals surface area (Å²) in [5, 5.41) is 3.66. The second kappa shape index (κ2) is 4.37. The van der Waals surface area contributed by atoms with Crippen LogP contribution in [0.1, 0.15) is 18.6 Å². The molecule has 2 aromatic rings. The third kappa shape index (κ3) is 2.06. The third-order valence-corrected chi connectivity index (χ3v) is 2.52. The minimum absolute atomic E-state index is 0.0558. The third-order valence-electron chi connectivity index (χ3n) is 2.52. The molecule has 2 N–H and O–H groups in total. The molecule has 1 heterocycles. The lowest BCUT2D eigenvalue weighted by Gasteiger charge is -2.10. The summed E-state index contributed by atoms with van der Waals surface area (Å²) in [5.41, 5.74) is 7.55. The summed E-state index contributed by atoms with van der Waals surface area (Å²) in [6.07, 6.45) is 0.0558. The van der Waals surface area contributed by atoms with Gasteiger partial charge in [0.15, 0.2) is 11.6 Å². The van der Waals surface area contributed by atoms with Crippen LogP contribution in [-0.4, -0.2) is 12.3 Å². The van der Waals surface area contributed by atoms with Crippen molar-refractivity contribution in [3.05, 3.63) is 35.9 Å². The Morgan fingerprint density at radius 1 is 1.38 bits per heavy atom. The van der Waals surface area contributed by atoms with E-state index in [1.165, 1.54) is 0 Å². The van der Waals surface area contributed by atoms with Crippen LogP contribution in [0.5, 0.6) is 0 Å². The predicted molar refractivity (Wildman–Crippen MR) is 61.8 cm³/mol. The van der Waals surface area contributed by atoms with Crippen molar-refractivity contribution in [1.29, 1.82) is 0 Å². The lowest BCUT2D eigenvalue weighted by Crippen LogP contribution is -1.95. The molecular formula is C12H14N2O2. The van der Waals surface area contributed by atoms with E-state index in [9.17, 15) is 0 Å². The second-order valence-electron chi connectivity index (χ2n) is 3.62. The summed E-state index contributed by atoms with van der Waals surface area (Å²) in [6.45, 7) is 1.99. The van der Waals surface area contributed by atoms with Gasteiger partial charge in [-0.2, -0.15) is 0 Å². The summed E-state index contributed by atoms with van der Waals surface area (Å²) in [7, 11) is 1.68. The van der Waals surface area contributed by atoms with E-state index in [-0.39, 0.29) is 6.10 Å². The fourth-order valence-corrected chi connectivity index (χ4v) is 1.51. The molecule has 1 aromatic heterocycles. The highest BCUT2D eigenvalue weighted by Gasteiger charge is 2.08. The maximum Gasteiger partial charge on any atom is 0.169 e. The van der Waals surface area contributed by atoms with E-state index in [0.717, 1.165) is 11.1 Å². The number of methoxy groups -OCH3 is 1. The topological polar surface area (TPSA) is 61.3 Å². The quantitative estimate of drug-likeness (QED) is 0.860. The second-order valence-corrected chi connectivity index (χ2v) is 3.62. The minimum atomic E-state index is 0.0558. The van der Waals surface area contributed by atoms with Crippen molar-refractivity contribution in [2.45, 2.75) is 13.0 Å². The molecule has 0 aliphatic rings. The maximum atomic E-state index is 5.51. The van der Waals surface area contributed by atoms with Crippen molar-refractivity contribution < 1.29 is 9.26 Å². The van der Waals surface area contributed by atoms with Gasteiger partial charge in [-0.1, -0.05) is 23.4 Å². The van der Waals surface area contributed by atoms with Crippen molar-refractivity contribution >= 4 is 5.82 Å². The SMILES string of the molecule is COC(C)c1cccc(-c2cc(N)no2)c1. The van der Waals surface area contributed by atoms with Gasteiger partial charge in [0.1, 0.15) is 0 Å². The number of hydrogen-bond acceptors (Lipinski definition) is 4. The number of ether oxygens (including phenoxy) is 1. The first-order valence-corrected chi connectivity index (χ1v) is 5.06. The number of nitrogens with zero attached hydrogens (tertiary/aromatic N) is 1. The Morgan fingerprint density at radius 3 is 2.81 bits per heavy atom. The first kappa shape index (κ1) is 10.7. The van der Waals surface area contributed by atoms with Crippen molar-refractivity contribution in [2.75, 3.05) is 12.8 Å². The Kier molecular flexibility index (Phi) is 2.92. The Labute approximate surface area is 94.0 Å². The summed E-state index contributed by atoms with van der Waals surface area (Å²) in [6, 6.07) is 9.63. The summed E-state index contributed by atoms with van der Waals surface area (Å²) in [5.74, 6) is 1.06. The van der Waals surface area contributed by atoms with Crippen molar-refractivity contribution in [3.8, 4) is 11.3 Å². The maximum absolute atomic E-state index is 5.51. The van der Waals surface area contributed by atoms with E-state index >= 15 is 0 Å². The highest BCUT2D eigenvalue weighted by molar-refractivity contribution is 5.60. The standard InChI is InChI=1S/C12H14N2O2/c1-8(15-2)9-4-3-5-10(6-9)11-7-12(13)14-16-11/h3-8H,1-2H3,(H2,13,14). The molecule has 84 valence electrons. The zero-order valence-corrected chi connectivity index (χ0v) is 9.31. The van der Waals surface area contributed by atoms with Crippen LogP contribution in [0.3, 0.4) is 0 Å². The van der Waals surface area contributed by atoms with Crippen LogP contribution in [0.4, 0.5) is 5.82 Å². The van der Waals surface area contributed by atoms with Gasteiger partial charge in [-0.15, -0.1) is 0 Å². The van der Waals surface area contributed by atoms with Crippen molar-refractivity contribution in [3.63, 3.8) is 0 Å². The number of benzene rings is 1. The lowest BCUT2D eigenvalue weighted by atomic mass is 10.1. The average molecular weight is 218 g/mol. The molecule has 0 aliphatic carbocycles. The fraction of sp³-hybridized carbons (Fsp3) is 0.250. The lowest BCUT2D eigenvalue weighted by molar-refractivity contribution is 0.119. The molecule has 4 heteroatoms. The van der Waals surface area contributed by atoms with Crippen LogP contribution in [0.15, 0.2) is 34.9 Å². The van der Waals surface area contributed by atoms with Gasteiger partial charge in [0.2, 0.25) is 0 Å². The van der Waals surface area contributed by atoms with Gasteiger partial charge < -0.3 is 15.0 Å². The Bertz CT molecular complexity index is 479. The van der Waals surface area contributed by atoms with Gasteiger partial charge >= 0.3 is 0 Å². The van der Waals surface area contributed by atoms with Crippen LogP contribution >= 0.6 is 0 Å². The highest BCUT2D eigenvalue weighted by atomic mass is 16.5. The van der Waals surface area contributed by atoms with Gasteiger partial charge in [-0.05, 0) is 18.6 Å². The van der Waals surface area contributed by atoms with E-state index in [2.05, 4.69) is 5.16 Å². The highest BCUT2D eigenvalue weighted by Crippen LogP contribution is 2.25. The van der Waals surface area contributed by atoms with Crippen LogP contribution in [0, 0.1) is 0 Å². The molecule has 1 aromatic carbocycles. The molecule has 1 unspecified atom stereocenters. The molecule has 0 saturated heterocycles. The molecule has 0 aliphatic heterocycles. The number of nitrogens with two attached hydrogens (primary N) is 1. The monoisotopic (exact) mass is 218 g/mol. The molecule has 0 amide bonds. The van der Waals surface area contributed by atoms with E-state index in [4.69, 9.17) is 15.0 Å². The largest absolute Gasteiger partial charge is 0.381 e. The fourth-order valence-electron chi connectivity index (χ4n) is 1.51. The van der Waals surface area contributed by atoms with Gasteiger partial charge in [-0.3, -0.25) is 0 Å². The Balaban J connectivity index is 2.36. The summed E-state index contributed by atoms with van der Waals surface area (Å²) >= 11 is 0. The molecule has 0 fully saturated rings. The molecule has 0 bridgehead atoms. The number of aromatic nitrogens is 1. The molecule has 16 heavy (non-hydrogen) atoms. The number of anilines is 1. The number of rotatable bonds is 3. The first-order chi connectivity index (χ1) is 7.70. The number of nitrogen functional groups attached to an aromatic ring is 1. The van der Waals surface area contributed by atoms with Crippen molar-refractivity contribution in [1.82, 2.24) is 5.16 Å². The first-order valence-electron chi connectivity index (χ1n) is 5.06. The van der Waals surface area contributed by atoms with Crippen LogP contribution in [0.2, 0.25) is 0 Å². The Morgan fingerprint density at radius 2 is 2.19 bits per heavy atom. The van der Waals surface area contributed by atoms with Gasteiger partial charge in [0, 0.05) is 18.7 Å². The van der Waals surface area contributed by atoms with Crippen LogP contribution in [0.25, 0.3) is 11.3 Å². The van der Waals surface area contributed by atoms with Crippen LogP contribution < -0.4 is 5.73 Å². The predicted octanol–water partition coefficient (Wildman–Crippen LogP) is 2.63. The summed E-state index contributed by atoms with van der Waals surface area (Å²) < 4.78 is 10.4. The van der Waals surface area contributed by atoms with E-state index in [1.54, 1.807) is 13.2 Å². The molecule has 0 spiro atoms. The van der Waals surface area contributed by atoms with Gasteiger partial charge in [0.05, 0.1) is 6.10 Å².